The molecule has 1 unspecified atom stereocenters. The van der Waals surface area contributed by atoms with Gasteiger partial charge in [-0.2, -0.15) is 5.10 Å². The lowest BCUT2D eigenvalue weighted by atomic mass is 10.0. The molecule has 1 atom stereocenters. The molecule has 1 aromatic heterocycles. The van der Waals surface area contributed by atoms with E-state index in [1.165, 1.54) is 0 Å². The predicted molar refractivity (Wildman–Crippen MR) is 78.8 cm³/mol. The average Bonchev–Trinajstić information content (AvgIpc) is 2.85. The number of hydrogen-bond acceptors (Lipinski definition) is 3. The molecule has 1 aromatic carbocycles. The van der Waals surface area contributed by atoms with E-state index in [4.69, 9.17) is 12.2 Å². The third kappa shape index (κ3) is 2.27. The molecule has 1 aliphatic heterocycles. The molecule has 6 heteroatoms. The van der Waals surface area contributed by atoms with Crippen molar-refractivity contribution in [3.63, 3.8) is 0 Å². The Hall–Kier alpha value is -1.95. The first-order valence-corrected chi connectivity index (χ1v) is 7.04. The molecule has 1 aliphatic rings. The third-order valence-electron chi connectivity index (χ3n) is 3.70. The maximum absolute atomic E-state index is 11.6. The zero-order chi connectivity index (χ0) is 14.1. The van der Waals surface area contributed by atoms with Crippen molar-refractivity contribution in [2.45, 2.75) is 18.9 Å². The van der Waals surface area contributed by atoms with Crippen molar-refractivity contribution in [1.29, 1.82) is 0 Å². The first kappa shape index (κ1) is 13.1. The number of nitrogens with one attached hydrogen (secondary N) is 1. The number of rotatable bonds is 2. The largest absolute Gasteiger partial charge is 0.344 e. The summed E-state index contributed by atoms with van der Waals surface area (Å²) < 4.78 is 2.64. The molecule has 1 N–H and O–H groups in total. The molecule has 0 aliphatic carbocycles. The van der Waals surface area contributed by atoms with E-state index in [9.17, 15) is 4.79 Å². The van der Waals surface area contributed by atoms with Crippen LogP contribution in [-0.2, 0) is 4.79 Å². The Bertz CT molecular complexity index is 676. The summed E-state index contributed by atoms with van der Waals surface area (Å²) >= 11 is 5.36. The molecule has 1 saturated heterocycles. The average molecular weight is 288 g/mol. The second-order valence-electron chi connectivity index (χ2n) is 5.06. The number of H-pyrrole nitrogens is 1. The van der Waals surface area contributed by atoms with Crippen LogP contribution in [0.25, 0.3) is 11.4 Å². The summed E-state index contributed by atoms with van der Waals surface area (Å²) in [5.74, 6) is 1.03. The van der Waals surface area contributed by atoms with E-state index < -0.39 is 0 Å². The number of aromatic nitrogens is 3. The van der Waals surface area contributed by atoms with Crippen LogP contribution in [0.1, 0.15) is 18.9 Å². The normalized spacial score (nSPS) is 19.4. The molecule has 2 heterocycles. The second kappa shape index (κ2) is 5.20. The van der Waals surface area contributed by atoms with Crippen LogP contribution in [0.2, 0.25) is 0 Å². The van der Waals surface area contributed by atoms with Crippen LogP contribution in [0.3, 0.4) is 0 Å². The molecule has 0 bridgehead atoms. The third-order valence-corrected chi connectivity index (χ3v) is 3.99. The van der Waals surface area contributed by atoms with E-state index in [-0.39, 0.29) is 11.9 Å². The van der Waals surface area contributed by atoms with E-state index in [0.29, 0.717) is 17.7 Å². The van der Waals surface area contributed by atoms with Gasteiger partial charge in [0.25, 0.3) is 0 Å². The summed E-state index contributed by atoms with van der Waals surface area (Å²) in [5.41, 5.74) is 1.03. The van der Waals surface area contributed by atoms with Crippen LogP contribution in [0.5, 0.6) is 0 Å². The lowest BCUT2D eigenvalue weighted by Gasteiger charge is -2.30. The first-order valence-electron chi connectivity index (χ1n) is 6.63. The highest BCUT2D eigenvalue weighted by Crippen LogP contribution is 2.27. The maximum atomic E-state index is 11.6. The van der Waals surface area contributed by atoms with Gasteiger partial charge in [-0.15, -0.1) is 0 Å². The smallest absolute Gasteiger partial charge is 0.222 e. The van der Waals surface area contributed by atoms with E-state index in [1.807, 2.05) is 41.9 Å². The summed E-state index contributed by atoms with van der Waals surface area (Å²) in [7, 11) is 1.83. The van der Waals surface area contributed by atoms with E-state index in [1.54, 1.807) is 4.90 Å². The number of likely N-dealkylation sites (N-methyl/N-ethyl adjacent to an activating group) is 1. The van der Waals surface area contributed by atoms with Gasteiger partial charge in [-0.05, 0) is 18.6 Å². The Labute approximate surface area is 122 Å². The van der Waals surface area contributed by atoms with Crippen molar-refractivity contribution >= 4 is 18.1 Å². The van der Waals surface area contributed by atoms with Crippen LogP contribution < -0.4 is 0 Å². The van der Waals surface area contributed by atoms with Gasteiger partial charge in [0, 0.05) is 25.6 Å². The maximum Gasteiger partial charge on any atom is 0.222 e. The van der Waals surface area contributed by atoms with Crippen LogP contribution in [-0.4, -0.2) is 39.2 Å². The minimum absolute atomic E-state index is 0.180. The summed E-state index contributed by atoms with van der Waals surface area (Å²) in [6.07, 6.45) is 1.36. The van der Waals surface area contributed by atoms with Crippen molar-refractivity contribution in [2.24, 2.45) is 0 Å². The van der Waals surface area contributed by atoms with Crippen LogP contribution in [0, 0.1) is 4.77 Å². The van der Waals surface area contributed by atoms with Gasteiger partial charge >= 0.3 is 0 Å². The molecular weight excluding hydrogens is 272 g/mol. The summed E-state index contributed by atoms with van der Waals surface area (Å²) in [6.45, 7) is 0.673. The minimum atomic E-state index is 0.180. The van der Waals surface area contributed by atoms with Gasteiger partial charge in [0.1, 0.15) is 0 Å². The Morgan fingerprint density at radius 1 is 1.35 bits per heavy atom. The van der Waals surface area contributed by atoms with Crippen LogP contribution >= 0.6 is 12.2 Å². The molecule has 3 rings (SSSR count). The molecule has 2 aromatic rings. The van der Waals surface area contributed by atoms with Gasteiger partial charge in [-0.25, -0.2) is 0 Å². The monoisotopic (exact) mass is 288 g/mol. The molecule has 0 saturated carbocycles. The number of piperidine rings is 1. The predicted octanol–water partition coefficient (Wildman–Crippen LogP) is 2.40. The molecule has 5 nitrogen and oxygen atoms in total. The van der Waals surface area contributed by atoms with Crippen molar-refractivity contribution < 1.29 is 4.79 Å². The van der Waals surface area contributed by atoms with Crippen molar-refractivity contribution in [1.82, 2.24) is 19.7 Å². The standard InChI is InChI=1S/C14H16N4OS/c1-17-9-11(7-8-12(17)19)18-13(15-16-14(18)20)10-5-3-2-4-6-10/h2-6,11H,7-9H2,1H3,(H,16,20). The van der Waals surface area contributed by atoms with E-state index >= 15 is 0 Å². The van der Waals surface area contributed by atoms with Gasteiger partial charge in [-0.3, -0.25) is 14.5 Å². The highest BCUT2D eigenvalue weighted by Gasteiger charge is 2.26. The highest BCUT2D eigenvalue weighted by atomic mass is 32.1. The van der Waals surface area contributed by atoms with Crippen LogP contribution in [0.15, 0.2) is 30.3 Å². The molecule has 1 amide bonds. The second-order valence-corrected chi connectivity index (χ2v) is 5.44. The topological polar surface area (TPSA) is 53.9 Å². The van der Waals surface area contributed by atoms with Crippen molar-refractivity contribution in [3.8, 4) is 11.4 Å². The van der Waals surface area contributed by atoms with Gasteiger partial charge in [0.15, 0.2) is 10.6 Å². The number of carbonyl (C=O) groups excluding carboxylic acids is 1. The fourth-order valence-electron chi connectivity index (χ4n) is 2.64. The SMILES string of the molecule is CN1CC(n2c(-c3ccccc3)n[nH]c2=S)CCC1=O. The van der Waals surface area contributed by atoms with Crippen molar-refractivity contribution in [3.05, 3.63) is 35.1 Å². The summed E-state index contributed by atoms with van der Waals surface area (Å²) in [6, 6.07) is 10.1. The van der Waals surface area contributed by atoms with Gasteiger partial charge in [0.05, 0.1) is 6.04 Å². The highest BCUT2D eigenvalue weighted by molar-refractivity contribution is 7.71. The van der Waals surface area contributed by atoms with Crippen molar-refractivity contribution in [2.75, 3.05) is 13.6 Å². The zero-order valence-electron chi connectivity index (χ0n) is 11.2. The summed E-state index contributed by atoms with van der Waals surface area (Å²) in [4.78, 5) is 13.4. The Morgan fingerprint density at radius 3 is 2.80 bits per heavy atom. The number of carbonyl (C=O) groups is 1. The molecule has 1 fully saturated rings. The Balaban J connectivity index is 2.00. The van der Waals surface area contributed by atoms with Crippen LogP contribution in [0.4, 0.5) is 0 Å². The quantitative estimate of drug-likeness (QED) is 0.863. The number of hydrogen-bond donors (Lipinski definition) is 1. The number of aromatic amines is 1. The fraction of sp³-hybridized carbons (Fsp3) is 0.357. The van der Waals surface area contributed by atoms with Gasteiger partial charge in [0.2, 0.25) is 5.91 Å². The lowest BCUT2D eigenvalue weighted by molar-refractivity contribution is -0.132. The number of likely N-dealkylation sites (tertiary alicyclic amines) is 1. The molecule has 104 valence electrons. The zero-order valence-corrected chi connectivity index (χ0v) is 12.1. The van der Waals surface area contributed by atoms with E-state index in [2.05, 4.69) is 10.2 Å². The molecule has 0 radical (unpaired) electrons. The number of nitrogens with zero attached hydrogens (tertiary/aromatic N) is 3. The van der Waals surface area contributed by atoms with E-state index in [0.717, 1.165) is 17.8 Å². The van der Waals surface area contributed by atoms with Gasteiger partial charge in [-0.1, -0.05) is 30.3 Å². The molecule has 20 heavy (non-hydrogen) atoms. The number of amides is 1. The Kier molecular flexibility index (Phi) is 3.40. The Morgan fingerprint density at radius 2 is 2.10 bits per heavy atom. The van der Waals surface area contributed by atoms with Gasteiger partial charge < -0.3 is 4.90 Å². The fourth-order valence-corrected chi connectivity index (χ4v) is 2.92. The number of benzene rings is 1. The summed E-state index contributed by atoms with van der Waals surface area (Å²) in [5, 5.41) is 7.22. The minimum Gasteiger partial charge on any atom is -0.344 e. The molecule has 0 spiro atoms. The molecular formula is C14H16N4OS. The lowest BCUT2D eigenvalue weighted by Crippen LogP contribution is -2.38. The first-order chi connectivity index (χ1) is 9.66.